The van der Waals surface area contributed by atoms with Crippen molar-refractivity contribution in [1.29, 1.82) is 0 Å². The van der Waals surface area contributed by atoms with Gasteiger partial charge in [0.25, 0.3) is 0 Å². The van der Waals surface area contributed by atoms with Gasteiger partial charge < -0.3 is 15.0 Å². The zero-order chi connectivity index (χ0) is 16.9. The van der Waals surface area contributed by atoms with Crippen LogP contribution in [-0.4, -0.2) is 47.5 Å². The Morgan fingerprint density at radius 1 is 1.33 bits per heavy atom. The van der Waals surface area contributed by atoms with E-state index in [4.69, 9.17) is 4.74 Å². The molecule has 2 heterocycles. The molecular formula is C17H19FN4O2. The van der Waals surface area contributed by atoms with E-state index >= 15 is 0 Å². The van der Waals surface area contributed by atoms with Gasteiger partial charge in [0.15, 0.2) is 0 Å². The van der Waals surface area contributed by atoms with Crippen molar-refractivity contribution in [2.24, 2.45) is 0 Å². The fraction of sp³-hybridized carbons (Fsp3) is 0.353. The van der Waals surface area contributed by atoms with Crippen molar-refractivity contribution in [1.82, 2.24) is 14.9 Å². The highest BCUT2D eigenvalue weighted by Gasteiger charge is 2.28. The number of carbonyl (C=O) groups is 1. The number of morpholine rings is 1. The molecule has 1 aromatic carbocycles. The molecular weight excluding hydrogens is 311 g/mol. The number of carbonyl (C=O) groups excluding carboxylic acids is 1. The summed E-state index contributed by atoms with van der Waals surface area (Å²) in [5, 5.41) is 2.99. The third-order valence-electron chi connectivity index (χ3n) is 3.96. The number of aromatic nitrogens is 2. The first-order chi connectivity index (χ1) is 11.7. The number of benzene rings is 1. The van der Waals surface area contributed by atoms with Gasteiger partial charge in [0.2, 0.25) is 5.91 Å². The highest BCUT2D eigenvalue weighted by Crippen LogP contribution is 2.25. The first-order valence-corrected chi connectivity index (χ1v) is 7.80. The molecule has 1 N–H and O–H groups in total. The molecule has 1 aliphatic rings. The van der Waals surface area contributed by atoms with Crippen LogP contribution in [0.3, 0.4) is 0 Å². The largest absolute Gasteiger partial charge is 0.372 e. The molecule has 24 heavy (non-hydrogen) atoms. The van der Waals surface area contributed by atoms with Crippen LogP contribution in [0.4, 0.5) is 10.2 Å². The Balaban J connectivity index is 1.68. The monoisotopic (exact) mass is 330 g/mol. The first kappa shape index (κ1) is 16.3. The van der Waals surface area contributed by atoms with Gasteiger partial charge in [-0.15, -0.1) is 0 Å². The maximum Gasteiger partial charge on any atom is 0.227 e. The van der Waals surface area contributed by atoms with Crippen molar-refractivity contribution in [3.8, 4) is 0 Å². The Labute approximate surface area is 139 Å². The molecule has 3 rings (SSSR count). The van der Waals surface area contributed by atoms with E-state index in [1.807, 2.05) is 0 Å². The normalized spacial score (nSPS) is 17.6. The van der Waals surface area contributed by atoms with Crippen LogP contribution < -0.4 is 5.32 Å². The van der Waals surface area contributed by atoms with Crippen molar-refractivity contribution in [3.63, 3.8) is 0 Å². The third-order valence-corrected chi connectivity index (χ3v) is 3.96. The van der Waals surface area contributed by atoms with E-state index in [1.165, 1.54) is 12.1 Å². The summed E-state index contributed by atoms with van der Waals surface area (Å²) in [5.41, 5.74) is 1.49. The lowest BCUT2D eigenvalue weighted by molar-refractivity contribution is -0.138. The van der Waals surface area contributed by atoms with Crippen LogP contribution in [0.25, 0.3) is 0 Å². The summed E-state index contributed by atoms with van der Waals surface area (Å²) in [6.07, 6.45) is 3.15. The number of hydrogen-bond acceptors (Lipinski definition) is 5. The first-order valence-electron chi connectivity index (χ1n) is 7.80. The van der Waals surface area contributed by atoms with Gasteiger partial charge in [-0.2, -0.15) is 0 Å². The lowest BCUT2D eigenvalue weighted by Crippen LogP contribution is -2.43. The second-order valence-electron chi connectivity index (χ2n) is 5.54. The van der Waals surface area contributed by atoms with Crippen molar-refractivity contribution >= 4 is 11.7 Å². The highest BCUT2D eigenvalue weighted by molar-refractivity contribution is 5.79. The van der Waals surface area contributed by atoms with E-state index in [2.05, 4.69) is 15.3 Å². The number of halogens is 1. The van der Waals surface area contributed by atoms with Crippen molar-refractivity contribution in [3.05, 3.63) is 53.7 Å². The van der Waals surface area contributed by atoms with Crippen LogP contribution in [-0.2, 0) is 16.0 Å². The van der Waals surface area contributed by atoms with Crippen LogP contribution in [0.5, 0.6) is 0 Å². The molecule has 1 saturated heterocycles. The number of anilines is 1. The maximum absolute atomic E-state index is 13.0. The fourth-order valence-electron chi connectivity index (χ4n) is 2.71. The molecule has 6 nitrogen and oxygen atoms in total. The number of ether oxygens (including phenoxy) is 1. The predicted molar refractivity (Wildman–Crippen MR) is 87.0 cm³/mol. The minimum absolute atomic E-state index is 0.00944. The topological polar surface area (TPSA) is 67.4 Å². The molecule has 0 saturated carbocycles. The van der Waals surface area contributed by atoms with Crippen LogP contribution >= 0.6 is 0 Å². The van der Waals surface area contributed by atoms with E-state index in [9.17, 15) is 9.18 Å². The van der Waals surface area contributed by atoms with Crippen LogP contribution in [0.1, 0.15) is 17.4 Å². The summed E-state index contributed by atoms with van der Waals surface area (Å²) in [6.45, 7) is 1.40. The van der Waals surface area contributed by atoms with Gasteiger partial charge in [0.05, 0.1) is 19.6 Å². The molecule has 0 aliphatic carbocycles. The summed E-state index contributed by atoms with van der Waals surface area (Å²) < 4.78 is 18.7. The van der Waals surface area contributed by atoms with Gasteiger partial charge in [-0.05, 0) is 17.7 Å². The van der Waals surface area contributed by atoms with E-state index in [0.29, 0.717) is 31.2 Å². The fourth-order valence-corrected chi connectivity index (χ4v) is 2.71. The van der Waals surface area contributed by atoms with Gasteiger partial charge in [-0.1, -0.05) is 12.1 Å². The Kier molecular flexibility index (Phi) is 5.00. The van der Waals surface area contributed by atoms with Crippen LogP contribution in [0.15, 0.2) is 36.7 Å². The summed E-state index contributed by atoms with van der Waals surface area (Å²) in [5.74, 6) is 0.333. The molecule has 2 aromatic rings. The van der Waals surface area contributed by atoms with E-state index in [-0.39, 0.29) is 24.2 Å². The molecule has 1 aliphatic heterocycles. The average molecular weight is 330 g/mol. The lowest BCUT2D eigenvalue weighted by atomic mass is 10.1. The second kappa shape index (κ2) is 7.35. The van der Waals surface area contributed by atoms with Crippen LogP contribution in [0, 0.1) is 5.82 Å². The zero-order valence-corrected chi connectivity index (χ0v) is 13.4. The zero-order valence-electron chi connectivity index (χ0n) is 13.4. The summed E-state index contributed by atoms with van der Waals surface area (Å²) in [7, 11) is 1.77. The van der Waals surface area contributed by atoms with Crippen molar-refractivity contribution in [2.45, 2.75) is 12.5 Å². The smallest absolute Gasteiger partial charge is 0.227 e. The molecule has 7 heteroatoms. The van der Waals surface area contributed by atoms with Gasteiger partial charge in [-0.3, -0.25) is 9.78 Å². The Morgan fingerprint density at radius 2 is 2.08 bits per heavy atom. The Morgan fingerprint density at radius 3 is 2.83 bits per heavy atom. The Bertz CT molecular complexity index is 708. The number of nitrogens with zero attached hydrogens (tertiary/aromatic N) is 3. The molecule has 1 aromatic heterocycles. The molecule has 0 radical (unpaired) electrons. The second-order valence-corrected chi connectivity index (χ2v) is 5.54. The van der Waals surface area contributed by atoms with Gasteiger partial charge >= 0.3 is 0 Å². The van der Waals surface area contributed by atoms with E-state index in [1.54, 1.807) is 36.5 Å². The van der Waals surface area contributed by atoms with E-state index in [0.717, 1.165) is 5.56 Å². The molecule has 1 amide bonds. The summed E-state index contributed by atoms with van der Waals surface area (Å²) in [4.78, 5) is 22.8. The van der Waals surface area contributed by atoms with Crippen LogP contribution in [0.2, 0.25) is 0 Å². The number of hydrogen-bond donors (Lipinski definition) is 1. The lowest BCUT2D eigenvalue weighted by Gasteiger charge is -2.33. The van der Waals surface area contributed by atoms with Gasteiger partial charge in [-0.25, -0.2) is 9.37 Å². The predicted octanol–water partition coefficient (Wildman–Crippen LogP) is 1.80. The number of amides is 1. The minimum Gasteiger partial charge on any atom is -0.372 e. The molecule has 0 spiro atoms. The third kappa shape index (κ3) is 3.68. The summed E-state index contributed by atoms with van der Waals surface area (Å²) >= 11 is 0. The average Bonchev–Trinajstić information content (AvgIpc) is 2.63. The molecule has 1 fully saturated rings. The maximum atomic E-state index is 13.0. The standard InChI is InChI=1S/C17H19FN4O2/c1-19-17-16(20-6-7-21-17)14-11-22(8-9-24-14)15(23)10-12-2-4-13(18)5-3-12/h2-7,14H,8-11H2,1H3,(H,19,21). The number of nitrogens with one attached hydrogen (secondary N) is 1. The molecule has 126 valence electrons. The van der Waals surface area contributed by atoms with Gasteiger partial charge in [0, 0.05) is 26.0 Å². The molecule has 0 bridgehead atoms. The molecule has 1 unspecified atom stereocenters. The highest BCUT2D eigenvalue weighted by atomic mass is 19.1. The Hall–Kier alpha value is -2.54. The minimum atomic E-state index is -0.313. The van der Waals surface area contributed by atoms with Gasteiger partial charge in [0.1, 0.15) is 23.4 Å². The SMILES string of the molecule is CNc1nccnc1C1CN(C(=O)Cc2ccc(F)cc2)CCO1. The summed E-state index contributed by atoms with van der Waals surface area (Å²) in [6, 6.07) is 5.99. The van der Waals surface area contributed by atoms with E-state index < -0.39 is 0 Å². The van der Waals surface area contributed by atoms with Crippen molar-refractivity contribution < 1.29 is 13.9 Å². The number of rotatable bonds is 4. The molecule has 1 atom stereocenters. The quantitative estimate of drug-likeness (QED) is 0.926. The van der Waals surface area contributed by atoms with Crippen molar-refractivity contribution in [2.75, 3.05) is 32.1 Å².